The molecule has 0 aromatic rings. The Morgan fingerprint density at radius 3 is 2.85 bits per heavy atom. The zero-order valence-electron chi connectivity index (χ0n) is 11.8. The molecule has 0 aromatic heterocycles. The molecule has 2 fully saturated rings. The van der Waals surface area contributed by atoms with Crippen LogP contribution in [0.5, 0.6) is 0 Å². The molecular formula is C18H20O2. The fraction of sp³-hybridized carbons (Fsp3) is 0.556. The standard InChI is InChI=1S/C18H20O2/c1-18-9-8-14-13-5-3-12(19)10-11(13)2-4-15(14)16(18)6-7-17(18)20/h2-5,10,13-16H,6-9H2,1H3/t13-,14+,15+,16-,18-/m0/s1. The van der Waals surface area contributed by atoms with Crippen LogP contribution in [-0.4, -0.2) is 11.6 Å². The third-order valence-corrected chi connectivity index (χ3v) is 6.23. The number of rotatable bonds is 0. The Bertz CT molecular complexity index is 580. The van der Waals surface area contributed by atoms with Crippen LogP contribution in [0.1, 0.15) is 32.6 Å². The van der Waals surface area contributed by atoms with Gasteiger partial charge in [0.1, 0.15) is 5.78 Å². The van der Waals surface area contributed by atoms with Gasteiger partial charge in [0.05, 0.1) is 0 Å². The maximum absolute atomic E-state index is 12.2. The Morgan fingerprint density at radius 2 is 2.00 bits per heavy atom. The molecule has 0 radical (unpaired) electrons. The molecule has 0 bridgehead atoms. The SMILES string of the molecule is C[C@]12CC[C@H]3[C@@H](C=CC4=CC(=O)C=C[C@@H]43)[C@@H]1CCC2=O. The number of ketones is 2. The number of allylic oxidation sites excluding steroid dienone is 6. The minimum absolute atomic E-state index is 0.0824. The number of hydrogen-bond donors (Lipinski definition) is 0. The predicted molar refractivity (Wildman–Crippen MR) is 76.9 cm³/mol. The van der Waals surface area contributed by atoms with E-state index in [1.807, 2.05) is 0 Å². The van der Waals surface area contributed by atoms with Crippen molar-refractivity contribution in [1.82, 2.24) is 0 Å². The summed E-state index contributed by atoms with van der Waals surface area (Å²) < 4.78 is 0. The van der Waals surface area contributed by atoms with Crippen molar-refractivity contribution < 1.29 is 9.59 Å². The molecule has 0 N–H and O–H groups in total. The second kappa shape index (κ2) is 4.03. The van der Waals surface area contributed by atoms with Crippen molar-refractivity contribution in [3.05, 3.63) is 36.0 Å². The highest BCUT2D eigenvalue weighted by Gasteiger charge is 2.54. The highest BCUT2D eigenvalue weighted by atomic mass is 16.1. The molecule has 0 aliphatic heterocycles. The molecule has 0 spiro atoms. The van der Waals surface area contributed by atoms with E-state index in [0.29, 0.717) is 29.5 Å². The first kappa shape index (κ1) is 12.3. The zero-order chi connectivity index (χ0) is 13.9. The summed E-state index contributed by atoms with van der Waals surface area (Å²) in [5.41, 5.74) is 1.09. The Kier molecular flexibility index (Phi) is 2.48. The average Bonchev–Trinajstić information content (AvgIpc) is 2.74. The molecule has 0 unspecified atom stereocenters. The van der Waals surface area contributed by atoms with Crippen LogP contribution in [0.25, 0.3) is 0 Å². The lowest BCUT2D eigenvalue weighted by atomic mass is 9.55. The molecule has 5 atom stereocenters. The maximum Gasteiger partial charge on any atom is 0.178 e. The normalized spacial score (nSPS) is 45.8. The first-order valence-electron chi connectivity index (χ1n) is 7.75. The van der Waals surface area contributed by atoms with E-state index in [1.165, 1.54) is 5.57 Å². The monoisotopic (exact) mass is 268 g/mol. The first-order valence-corrected chi connectivity index (χ1v) is 7.75. The summed E-state index contributed by atoms with van der Waals surface area (Å²) in [7, 11) is 0. The van der Waals surface area contributed by atoms with Crippen LogP contribution in [-0.2, 0) is 9.59 Å². The van der Waals surface area contributed by atoms with Crippen molar-refractivity contribution in [1.29, 1.82) is 0 Å². The van der Waals surface area contributed by atoms with Crippen LogP contribution in [0.15, 0.2) is 36.0 Å². The molecular weight excluding hydrogens is 248 g/mol. The number of hydrogen-bond acceptors (Lipinski definition) is 2. The molecule has 4 rings (SSSR count). The number of carbonyl (C=O) groups excluding carboxylic acids is 2. The van der Waals surface area contributed by atoms with E-state index in [1.54, 1.807) is 12.2 Å². The van der Waals surface area contributed by atoms with E-state index in [-0.39, 0.29) is 11.2 Å². The van der Waals surface area contributed by atoms with E-state index in [4.69, 9.17) is 0 Å². The second-order valence-electron chi connectivity index (χ2n) is 7.06. The van der Waals surface area contributed by atoms with Gasteiger partial charge in [-0.2, -0.15) is 0 Å². The van der Waals surface area contributed by atoms with Crippen molar-refractivity contribution in [3.63, 3.8) is 0 Å². The van der Waals surface area contributed by atoms with Gasteiger partial charge in [-0.3, -0.25) is 9.59 Å². The van der Waals surface area contributed by atoms with Gasteiger partial charge < -0.3 is 0 Å². The molecule has 2 saturated carbocycles. The van der Waals surface area contributed by atoms with Gasteiger partial charge in [-0.25, -0.2) is 0 Å². The highest BCUT2D eigenvalue weighted by Crippen LogP contribution is 2.58. The van der Waals surface area contributed by atoms with Crippen molar-refractivity contribution in [2.75, 3.05) is 0 Å². The van der Waals surface area contributed by atoms with Crippen molar-refractivity contribution in [2.24, 2.45) is 29.1 Å². The quantitative estimate of drug-likeness (QED) is 0.676. The summed E-state index contributed by atoms with van der Waals surface area (Å²) in [5.74, 6) is 2.58. The minimum atomic E-state index is -0.0824. The van der Waals surface area contributed by atoms with Gasteiger partial charge in [-0.15, -0.1) is 0 Å². The third-order valence-electron chi connectivity index (χ3n) is 6.23. The summed E-state index contributed by atoms with van der Waals surface area (Å²) in [5, 5.41) is 0. The molecule has 0 heterocycles. The van der Waals surface area contributed by atoms with Crippen LogP contribution in [0.2, 0.25) is 0 Å². The number of fused-ring (bicyclic) bond motifs is 5. The molecule has 2 heteroatoms. The van der Waals surface area contributed by atoms with Crippen molar-refractivity contribution >= 4 is 11.6 Å². The zero-order valence-corrected chi connectivity index (χ0v) is 11.8. The van der Waals surface area contributed by atoms with Gasteiger partial charge in [0.2, 0.25) is 0 Å². The predicted octanol–water partition coefficient (Wildman–Crippen LogP) is 3.25. The largest absolute Gasteiger partial charge is 0.299 e. The lowest BCUT2D eigenvalue weighted by Crippen LogP contribution is -2.44. The van der Waals surface area contributed by atoms with E-state index >= 15 is 0 Å². The third kappa shape index (κ3) is 1.51. The summed E-state index contributed by atoms with van der Waals surface area (Å²) >= 11 is 0. The topological polar surface area (TPSA) is 34.1 Å². The fourth-order valence-electron chi connectivity index (χ4n) is 5.08. The molecule has 2 nitrogen and oxygen atoms in total. The van der Waals surface area contributed by atoms with Gasteiger partial charge in [-0.1, -0.05) is 25.2 Å². The van der Waals surface area contributed by atoms with Crippen LogP contribution in [0.3, 0.4) is 0 Å². The molecule has 0 aromatic carbocycles. The summed E-state index contributed by atoms with van der Waals surface area (Å²) in [4.78, 5) is 23.7. The lowest BCUT2D eigenvalue weighted by molar-refractivity contribution is -0.129. The maximum atomic E-state index is 12.2. The van der Waals surface area contributed by atoms with Crippen LogP contribution < -0.4 is 0 Å². The Balaban J connectivity index is 1.73. The Labute approximate surface area is 119 Å². The van der Waals surface area contributed by atoms with Gasteiger partial charge >= 0.3 is 0 Å². The summed E-state index contributed by atoms with van der Waals surface area (Å²) in [6.07, 6.45) is 14.0. The van der Waals surface area contributed by atoms with Gasteiger partial charge in [0.25, 0.3) is 0 Å². The Morgan fingerprint density at radius 1 is 1.15 bits per heavy atom. The van der Waals surface area contributed by atoms with Gasteiger partial charge in [-0.05, 0) is 54.7 Å². The van der Waals surface area contributed by atoms with Crippen molar-refractivity contribution in [3.8, 4) is 0 Å². The minimum Gasteiger partial charge on any atom is -0.299 e. The lowest BCUT2D eigenvalue weighted by Gasteiger charge is -2.48. The molecule has 20 heavy (non-hydrogen) atoms. The van der Waals surface area contributed by atoms with E-state index in [9.17, 15) is 9.59 Å². The van der Waals surface area contributed by atoms with Crippen LogP contribution in [0.4, 0.5) is 0 Å². The van der Waals surface area contributed by atoms with E-state index in [0.717, 1.165) is 25.7 Å². The molecule has 4 aliphatic rings. The highest BCUT2D eigenvalue weighted by molar-refractivity contribution is 6.01. The fourth-order valence-corrected chi connectivity index (χ4v) is 5.08. The number of Topliss-reactive ketones (excluding diaryl/α,β-unsaturated/α-hetero) is 1. The molecule has 104 valence electrons. The summed E-state index contributed by atoms with van der Waals surface area (Å²) in [6, 6.07) is 0. The molecule has 0 amide bonds. The average molecular weight is 268 g/mol. The summed E-state index contributed by atoms with van der Waals surface area (Å²) in [6.45, 7) is 2.18. The smallest absolute Gasteiger partial charge is 0.178 e. The van der Waals surface area contributed by atoms with E-state index < -0.39 is 0 Å². The molecule has 0 saturated heterocycles. The molecule has 4 aliphatic carbocycles. The Hall–Kier alpha value is -1.44. The number of carbonyl (C=O) groups is 2. The first-order chi connectivity index (χ1) is 9.59. The second-order valence-corrected chi connectivity index (χ2v) is 7.06. The van der Waals surface area contributed by atoms with Crippen LogP contribution >= 0.6 is 0 Å². The van der Waals surface area contributed by atoms with Crippen molar-refractivity contribution in [2.45, 2.75) is 32.6 Å². The van der Waals surface area contributed by atoms with Crippen LogP contribution in [0, 0.1) is 29.1 Å². The van der Waals surface area contributed by atoms with E-state index in [2.05, 4.69) is 25.2 Å². The van der Waals surface area contributed by atoms with Gasteiger partial charge in [0.15, 0.2) is 5.78 Å². The van der Waals surface area contributed by atoms with Gasteiger partial charge in [0, 0.05) is 17.8 Å².